The first-order chi connectivity index (χ1) is 4.43. The number of hydrogen-bond acceptors (Lipinski definition) is 0. The summed E-state index contributed by atoms with van der Waals surface area (Å²) >= 11 is 0. The van der Waals surface area contributed by atoms with Gasteiger partial charge in [0.15, 0.2) is 0 Å². The Labute approximate surface area is 57.1 Å². The predicted octanol–water partition coefficient (Wildman–Crippen LogP) is 2.07. The number of rotatable bonds is 2. The maximum absolute atomic E-state index is 4.25. The van der Waals surface area contributed by atoms with Crippen molar-refractivity contribution in [1.82, 2.24) is 5.32 Å². The van der Waals surface area contributed by atoms with Crippen molar-refractivity contribution in [2.24, 2.45) is 0 Å². The zero-order valence-corrected chi connectivity index (χ0v) is 5.84. The lowest BCUT2D eigenvalue weighted by Crippen LogP contribution is -2.20. The summed E-state index contributed by atoms with van der Waals surface area (Å²) in [6.45, 7) is 3.59. The lowest BCUT2D eigenvalue weighted by Gasteiger charge is -2.19. The lowest BCUT2D eigenvalue weighted by molar-refractivity contribution is 0.400. The quantitative estimate of drug-likeness (QED) is 0.535. The van der Waals surface area contributed by atoms with Crippen LogP contribution in [0.2, 0.25) is 0 Å². The van der Waals surface area contributed by atoms with E-state index < -0.39 is 0 Å². The average Bonchev–Trinajstić information content (AvgIpc) is 1.91. The highest BCUT2D eigenvalue weighted by Gasteiger charge is 2.11. The fourth-order valence-electron chi connectivity index (χ4n) is 1.38. The third-order valence-electron chi connectivity index (χ3n) is 1.89. The van der Waals surface area contributed by atoms with Crippen molar-refractivity contribution in [3.63, 3.8) is 0 Å². The minimum absolute atomic E-state index is 0.608. The van der Waals surface area contributed by atoms with Crippen LogP contribution in [0, 0.1) is 0 Å². The molecule has 1 heteroatoms. The van der Waals surface area contributed by atoms with Gasteiger partial charge in [0.2, 0.25) is 0 Å². The molecule has 0 aromatic rings. The van der Waals surface area contributed by atoms with Gasteiger partial charge in [0.25, 0.3) is 0 Å². The molecule has 0 atom stereocenters. The van der Waals surface area contributed by atoms with Crippen LogP contribution in [0.15, 0.2) is 12.8 Å². The Hall–Kier alpha value is -0.460. The largest absolute Gasteiger partial charge is 0.290 e. The van der Waals surface area contributed by atoms with E-state index in [1.807, 2.05) is 0 Å². The molecule has 0 aromatic heterocycles. The second-order valence-corrected chi connectivity index (χ2v) is 2.62. The first kappa shape index (κ1) is 6.66. The lowest BCUT2D eigenvalue weighted by atomic mass is 9.96. The van der Waals surface area contributed by atoms with Crippen LogP contribution in [0.5, 0.6) is 0 Å². The zero-order valence-electron chi connectivity index (χ0n) is 5.84. The van der Waals surface area contributed by atoms with Gasteiger partial charge in [-0.05, 0) is 12.8 Å². The number of hydrogen-bond donors (Lipinski definition) is 0. The molecule has 0 bridgehead atoms. The average molecular weight is 124 g/mol. The predicted molar refractivity (Wildman–Crippen MR) is 39.2 cm³/mol. The van der Waals surface area contributed by atoms with E-state index in [0.717, 1.165) is 0 Å². The highest BCUT2D eigenvalue weighted by atomic mass is 14.9. The Bertz CT molecular complexity index is 82.6. The van der Waals surface area contributed by atoms with E-state index in [1.165, 1.54) is 32.1 Å². The molecule has 1 aliphatic carbocycles. The summed E-state index contributed by atoms with van der Waals surface area (Å²) in [6.07, 6.45) is 8.39. The molecule has 0 spiro atoms. The molecule has 9 heavy (non-hydrogen) atoms. The monoisotopic (exact) mass is 124 g/mol. The summed E-state index contributed by atoms with van der Waals surface area (Å²) in [4.78, 5) is 0. The minimum Gasteiger partial charge on any atom is -0.290 e. The fraction of sp³-hybridized carbons (Fsp3) is 0.750. The maximum atomic E-state index is 4.25. The molecule has 0 unspecified atom stereocenters. The Morgan fingerprint density at radius 2 is 1.89 bits per heavy atom. The van der Waals surface area contributed by atoms with Gasteiger partial charge in [0.1, 0.15) is 0 Å². The topological polar surface area (TPSA) is 14.1 Å². The second-order valence-electron chi connectivity index (χ2n) is 2.62. The van der Waals surface area contributed by atoms with Crippen molar-refractivity contribution in [2.75, 3.05) is 0 Å². The van der Waals surface area contributed by atoms with Gasteiger partial charge in [-0.3, -0.25) is 5.32 Å². The molecule has 0 saturated heterocycles. The van der Waals surface area contributed by atoms with E-state index in [2.05, 4.69) is 11.9 Å². The summed E-state index contributed by atoms with van der Waals surface area (Å²) < 4.78 is 0. The van der Waals surface area contributed by atoms with Crippen molar-refractivity contribution < 1.29 is 0 Å². The molecule has 0 aromatic carbocycles. The van der Waals surface area contributed by atoms with Crippen LogP contribution in [0.3, 0.4) is 0 Å². The van der Waals surface area contributed by atoms with Gasteiger partial charge < -0.3 is 0 Å². The smallest absolute Gasteiger partial charge is 0.0499 e. The van der Waals surface area contributed by atoms with Gasteiger partial charge in [-0.2, -0.15) is 0 Å². The Kier molecular flexibility index (Phi) is 2.62. The van der Waals surface area contributed by atoms with E-state index in [9.17, 15) is 0 Å². The maximum Gasteiger partial charge on any atom is 0.0499 e. The highest BCUT2D eigenvalue weighted by molar-refractivity contribution is 4.76. The van der Waals surface area contributed by atoms with Crippen molar-refractivity contribution >= 4 is 0 Å². The Morgan fingerprint density at radius 1 is 1.22 bits per heavy atom. The fourth-order valence-corrected chi connectivity index (χ4v) is 1.38. The molecule has 51 valence electrons. The summed E-state index contributed by atoms with van der Waals surface area (Å²) in [5.41, 5.74) is 0. The summed E-state index contributed by atoms with van der Waals surface area (Å²) in [7, 11) is 0. The van der Waals surface area contributed by atoms with E-state index in [1.54, 1.807) is 6.20 Å². The van der Waals surface area contributed by atoms with Gasteiger partial charge in [-0.15, -0.1) is 0 Å². The van der Waals surface area contributed by atoms with E-state index in [4.69, 9.17) is 0 Å². The molecule has 1 nitrogen and oxygen atoms in total. The molecular formula is C8H14N. The first-order valence-corrected chi connectivity index (χ1v) is 3.74. The summed E-state index contributed by atoms with van der Waals surface area (Å²) in [5.74, 6) is 0. The molecule has 1 rings (SSSR count). The van der Waals surface area contributed by atoms with E-state index in [0.29, 0.717) is 6.04 Å². The molecule has 0 N–H and O–H groups in total. The standard InChI is InChI=1S/C8H14N/c1-2-9-8-6-4-3-5-7-8/h2,8H,1,3-7H2. The van der Waals surface area contributed by atoms with Crippen molar-refractivity contribution in [2.45, 2.75) is 38.1 Å². The van der Waals surface area contributed by atoms with Gasteiger partial charge in [-0.1, -0.05) is 25.8 Å². The van der Waals surface area contributed by atoms with Crippen molar-refractivity contribution in [3.05, 3.63) is 12.8 Å². The summed E-state index contributed by atoms with van der Waals surface area (Å²) in [5, 5.41) is 4.25. The molecule has 0 amide bonds. The third kappa shape index (κ3) is 2.08. The molecule has 0 heterocycles. The molecule has 0 aliphatic heterocycles. The van der Waals surface area contributed by atoms with Gasteiger partial charge in [0, 0.05) is 12.2 Å². The SMILES string of the molecule is C=C[N]C1CCCCC1. The Balaban J connectivity index is 2.15. The van der Waals surface area contributed by atoms with Crippen molar-refractivity contribution in [3.8, 4) is 0 Å². The van der Waals surface area contributed by atoms with Crippen LogP contribution >= 0.6 is 0 Å². The van der Waals surface area contributed by atoms with Crippen LogP contribution in [0.25, 0.3) is 0 Å². The highest BCUT2D eigenvalue weighted by Crippen LogP contribution is 2.17. The van der Waals surface area contributed by atoms with E-state index >= 15 is 0 Å². The normalized spacial score (nSPS) is 21.3. The van der Waals surface area contributed by atoms with Crippen LogP contribution < -0.4 is 5.32 Å². The molecule has 1 aliphatic rings. The van der Waals surface area contributed by atoms with E-state index in [-0.39, 0.29) is 0 Å². The van der Waals surface area contributed by atoms with Crippen LogP contribution in [0.4, 0.5) is 0 Å². The van der Waals surface area contributed by atoms with Crippen LogP contribution in [-0.2, 0) is 0 Å². The third-order valence-corrected chi connectivity index (χ3v) is 1.89. The van der Waals surface area contributed by atoms with Gasteiger partial charge >= 0.3 is 0 Å². The molecular weight excluding hydrogens is 110 g/mol. The van der Waals surface area contributed by atoms with Crippen molar-refractivity contribution in [1.29, 1.82) is 0 Å². The molecule has 1 radical (unpaired) electrons. The second kappa shape index (κ2) is 3.54. The summed E-state index contributed by atoms with van der Waals surface area (Å²) in [6, 6.07) is 0.608. The molecule has 1 fully saturated rings. The van der Waals surface area contributed by atoms with Crippen LogP contribution in [-0.4, -0.2) is 6.04 Å². The minimum atomic E-state index is 0.608. The van der Waals surface area contributed by atoms with Gasteiger partial charge in [0.05, 0.1) is 0 Å². The first-order valence-electron chi connectivity index (χ1n) is 3.74. The zero-order chi connectivity index (χ0) is 6.53. The van der Waals surface area contributed by atoms with Crippen LogP contribution in [0.1, 0.15) is 32.1 Å². The molecule has 1 saturated carbocycles. The number of nitrogens with zero attached hydrogens (tertiary/aromatic N) is 1. The Morgan fingerprint density at radius 3 is 2.44 bits per heavy atom. The van der Waals surface area contributed by atoms with Gasteiger partial charge in [-0.25, -0.2) is 0 Å².